The average molecular weight is 532 g/mol. The first-order valence-electron chi connectivity index (χ1n) is 10.5. The Bertz CT molecular complexity index is 1260. The number of benzene rings is 1. The van der Waals surface area contributed by atoms with Crippen LogP contribution in [0.25, 0.3) is 5.70 Å². The number of aromatic nitrogens is 1. The van der Waals surface area contributed by atoms with E-state index in [-0.39, 0.29) is 34.8 Å². The van der Waals surface area contributed by atoms with E-state index in [2.05, 4.69) is 15.3 Å². The van der Waals surface area contributed by atoms with Crippen LogP contribution < -0.4 is 11.1 Å². The number of nitrogens with zero attached hydrogens (tertiary/aromatic N) is 3. The highest BCUT2D eigenvalue weighted by Crippen LogP contribution is 2.29. The van der Waals surface area contributed by atoms with Crippen molar-refractivity contribution in [1.29, 1.82) is 0 Å². The fourth-order valence-electron chi connectivity index (χ4n) is 3.49. The lowest BCUT2D eigenvalue weighted by molar-refractivity contribution is -0.141. The monoisotopic (exact) mass is 531 g/mol. The Morgan fingerprint density at radius 1 is 1.25 bits per heavy atom. The van der Waals surface area contributed by atoms with Gasteiger partial charge in [0.1, 0.15) is 23.7 Å². The van der Waals surface area contributed by atoms with Crippen LogP contribution >= 0.6 is 0 Å². The van der Waals surface area contributed by atoms with Crippen LogP contribution in [0.15, 0.2) is 58.6 Å². The number of nitrogens with one attached hydrogen (secondary N) is 1. The molecule has 8 nitrogen and oxygen atoms in total. The van der Waals surface area contributed by atoms with Gasteiger partial charge in [-0.05, 0) is 42.5 Å². The van der Waals surface area contributed by atoms with Crippen LogP contribution in [-0.4, -0.2) is 61.7 Å². The molecule has 2 aromatic rings. The molecular formula is C22H22F5N5O3S. The van der Waals surface area contributed by atoms with Crippen LogP contribution in [0.1, 0.15) is 17.7 Å². The maximum atomic E-state index is 14.1. The lowest BCUT2D eigenvalue weighted by Crippen LogP contribution is -2.46. The molecule has 3 N–H and O–H groups in total. The van der Waals surface area contributed by atoms with Crippen molar-refractivity contribution in [2.24, 2.45) is 10.7 Å². The molecule has 0 unspecified atom stereocenters. The molecule has 2 atom stereocenters. The predicted octanol–water partition coefficient (Wildman–Crippen LogP) is 2.53. The molecule has 3 rings (SSSR count). The second kappa shape index (κ2) is 10.7. The molecule has 194 valence electrons. The largest absolute Gasteiger partial charge is 0.433 e. The van der Waals surface area contributed by atoms with Gasteiger partial charge in [0, 0.05) is 37.5 Å². The first-order chi connectivity index (χ1) is 16.8. The van der Waals surface area contributed by atoms with Crippen LogP contribution in [0, 0.1) is 5.82 Å². The Kier molecular flexibility index (Phi) is 8.09. The molecule has 14 heteroatoms. The van der Waals surface area contributed by atoms with E-state index in [1.165, 1.54) is 13.1 Å². The number of carbonyl (C=O) groups excluding carboxylic acids is 1. The van der Waals surface area contributed by atoms with E-state index in [1.807, 2.05) is 0 Å². The van der Waals surface area contributed by atoms with Crippen LogP contribution in [0.2, 0.25) is 0 Å². The third-order valence-corrected chi connectivity index (χ3v) is 7.26. The molecule has 1 aliphatic rings. The normalized spacial score (nSPS) is 19.9. The average Bonchev–Trinajstić information content (AvgIpc) is 3.24. The molecule has 0 radical (unpaired) electrons. The Hall–Kier alpha value is -3.39. The minimum absolute atomic E-state index is 0.0243. The van der Waals surface area contributed by atoms with Crippen molar-refractivity contribution in [1.82, 2.24) is 14.6 Å². The van der Waals surface area contributed by atoms with Gasteiger partial charge in [0.2, 0.25) is 15.9 Å². The van der Waals surface area contributed by atoms with E-state index < -0.39 is 52.4 Å². The first-order valence-corrected chi connectivity index (χ1v) is 11.9. The molecule has 1 aliphatic heterocycles. The molecule has 1 fully saturated rings. The summed E-state index contributed by atoms with van der Waals surface area (Å²) in [5.74, 6) is -1.44. The van der Waals surface area contributed by atoms with E-state index in [0.29, 0.717) is 0 Å². The van der Waals surface area contributed by atoms with Gasteiger partial charge in [-0.2, -0.15) is 17.5 Å². The number of nitrogens with two attached hydrogens (primary N) is 1. The zero-order chi connectivity index (χ0) is 26.7. The number of pyridine rings is 1. The maximum Gasteiger partial charge on any atom is 0.433 e. The quantitative estimate of drug-likeness (QED) is 0.421. The van der Waals surface area contributed by atoms with Crippen molar-refractivity contribution < 1.29 is 35.2 Å². The maximum absolute atomic E-state index is 14.1. The summed E-state index contributed by atoms with van der Waals surface area (Å²) < 4.78 is 91.9. The SMILES string of the molecule is CN=C(C=C(N)c1ccc(C(F)(F)F)nc1)CNC(=O)[C@@H]1C[C@@H](F)CN1S(=O)(=O)c1ccc(F)cc1. The van der Waals surface area contributed by atoms with Gasteiger partial charge >= 0.3 is 6.18 Å². The number of halogens is 5. The summed E-state index contributed by atoms with van der Waals surface area (Å²) in [4.78, 5) is 19.8. The van der Waals surface area contributed by atoms with E-state index in [0.717, 1.165) is 46.9 Å². The number of aliphatic imine (C=N–C) groups is 1. The van der Waals surface area contributed by atoms with Crippen LogP contribution in [0.4, 0.5) is 22.0 Å². The van der Waals surface area contributed by atoms with Crippen molar-refractivity contribution in [3.63, 3.8) is 0 Å². The number of sulfonamides is 1. The summed E-state index contributed by atoms with van der Waals surface area (Å²) >= 11 is 0. The zero-order valence-corrected chi connectivity index (χ0v) is 19.7. The topological polar surface area (TPSA) is 118 Å². The smallest absolute Gasteiger partial charge is 0.398 e. The van der Waals surface area contributed by atoms with E-state index in [1.54, 1.807) is 0 Å². The fourth-order valence-corrected chi connectivity index (χ4v) is 5.11. The minimum atomic E-state index is -4.60. The van der Waals surface area contributed by atoms with Crippen LogP contribution in [-0.2, 0) is 21.0 Å². The molecule has 1 aromatic heterocycles. The van der Waals surface area contributed by atoms with Crippen molar-refractivity contribution in [2.75, 3.05) is 20.1 Å². The number of hydrogen-bond donors (Lipinski definition) is 2. The standard InChI is InChI=1S/C22H22F5N5O3S/c1-29-16(9-18(28)13-2-7-20(30-10-13)22(25,26)27)11-31-21(33)19-8-15(24)12-32(19)36(34,35)17-5-3-14(23)4-6-17/h2-7,9-10,15,19H,8,11-12,28H2,1H3,(H,31,33)/t15-,19+/m1/s1. The molecule has 0 saturated carbocycles. The van der Waals surface area contributed by atoms with Gasteiger partial charge in [-0.3, -0.25) is 14.8 Å². The van der Waals surface area contributed by atoms with Crippen molar-refractivity contribution >= 4 is 27.3 Å². The highest BCUT2D eigenvalue weighted by atomic mass is 32.2. The summed E-state index contributed by atoms with van der Waals surface area (Å²) in [6.45, 7) is -0.762. The summed E-state index contributed by atoms with van der Waals surface area (Å²) in [7, 11) is -2.90. The van der Waals surface area contributed by atoms with E-state index in [4.69, 9.17) is 5.73 Å². The van der Waals surface area contributed by atoms with E-state index >= 15 is 0 Å². The zero-order valence-electron chi connectivity index (χ0n) is 18.8. The van der Waals surface area contributed by atoms with Crippen molar-refractivity contribution in [3.8, 4) is 0 Å². The number of rotatable bonds is 7. The minimum Gasteiger partial charge on any atom is -0.398 e. The second-order valence-corrected chi connectivity index (χ2v) is 9.73. The molecule has 2 heterocycles. The Morgan fingerprint density at radius 2 is 1.92 bits per heavy atom. The lowest BCUT2D eigenvalue weighted by atomic mass is 10.1. The highest BCUT2D eigenvalue weighted by Gasteiger charge is 2.44. The number of hydrogen-bond acceptors (Lipinski definition) is 6. The molecule has 0 spiro atoms. The van der Waals surface area contributed by atoms with Gasteiger partial charge in [0.15, 0.2) is 0 Å². The molecule has 0 bridgehead atoms. The third-order valence-electron chi connectivity index (χ3n) is 5.37. The summed E-state index contributed by atoms with van der Waals surface area (Å²) in [6, 6.07) is 4.48. The fraction of sp³-hybridized carbons (Fsp3) is 0.318. The van der Waals surface area contributed by atoms with E-state index in [9.17, 15) is 35.2 Å². The summed E-state index contributed by atoms with van der Waals surface area (Å²) in [5.41, 5.74) is 5.25. The second-order valence-electron chi connectivity index (χ2n) is 7.84. The van der Waals surface area contributed by atoms with Gasteiger partial charge in [-0.25, -0.2) is 17.2 Å². The molecule has 1 amide bonds. The first kappa shape index (κ1) is 27.2. The predicted molar refractivity (Wildman–Crippen MR) is 121 cm³/mol. The summed E-state index contributed by atoms with van der Waals surface area (Å²) in [5, 5.41) is 2.48. The van der Waals surface area contributed by atoms with Gasteiger partial charge in [-0.15, -0.1) is 0 Å². The Labute approximate surface area is 203 Å². The van der Waals surface area contributed by atoms with Crippen LogP contribution in [0.5, 0.6) is 0 Å². The summed E-state index contributed by atoms with van der Waals surface area (Å²) in [6.07, 6.45) is -4.31. The molecule has 1 aromatic carbocycles. The molecule has 0 aliphatic carbocycles. The third kappa shape index (κ3) is 6.23. The number of amides is 1. The Morgan fingerprint density at radius 3 is 2.47 bits per heavy atom. The molecule has 1 saturated heterocycles. The molecular weight excluding hydrogens is 509 g/mol. The van der Waals surface area contributed by atoms with Gasteiger partial charge in [0.05, 0.1) is 17.2 Å². The molecule has 36 heavy (non-hydrogen) atoms. The van der Waals surface area contributed by atoms with Crippen molar-refractivity contribution in [2.45, 2.75) is 29.7 Å². The number of carbonyl (C=O) groups is 1. The van der Waals surface area contributed by atoms with Gasteiger partial charge < -0.3 is 11.1 Å². The van der Waals surface area contributed by atoms with Crippen molar-refractivity contribution in [3.05, 3.63) is 65.7 Å². The Balaban J connectivity index is 1.70. The van der Waals surface area contributed by atoms with Crippen LogP contribution in [0.3, 0.4) is 0 Å². The van der Waals surface area contributed by atoms with Gasteiger partial charge in [-0.1, -0.05) is 0 Å². The number of alkyl halides is 4. The highest BCUT2D eigenvalue weighted by molar-refractivity contribution is 7.89. The lowest BCUT2D eigenvalue weighted by Gasteiger charge is -2.23. The van der Waals surface area contributed by atoms with Gasteiger partial charge in [0.25, 0.3) is 0 Å².